The molecule has 0 unspecified atom stereocenters. The fourth-order valence-electron chi connectivity index (χ4n) is 1.37. The molecule has 0 aromatic carbocycles. The number of aromatic nitrogens is 1. The molecule has 18 heavy (non-hydrogen) atoms. The number of hydrogen-bond donors (Lipinski definition) is 1. The Hall–Kier alpha value is -1.56. The molecular weight excluding hydrogens is 252 g/mol. The van der Waals surface area contributed by atoms with Gasteiger partial charge in [0.2, 0.25) is 11.7 Å². The van der Waals surface area contributed by atoms with E-state index in [2.05, 4.69) is 10.5 Å². The molecule has 0 atom stereocenters. The number of nitrogens with zero attached hydrogens (tertiary/aromatic N) is 1. The molecule has 2 rings (SSSR count). The summed E-state index contributed by atoms with van der Waals surface area (Å²) < 4.78 is 5.14. The number of thioether (sulfide) groups is 1. The number of nitrogens with one attached hydrogen (secondary N) is 1. The van der Waals surface area contributed by atoms with Crippen LogP contribution >= 0.6 is 11.8 Å². The second-order valence-corrected chi connectivity index (χ2v) is 6.05. The predicted octanol–water partition coefficient (Wildman–Crippen LogP) is 1.86. The molecule has 1 N–H and O–H groups in total. The van der Waals surface area contributed by atoms with Gasteiger partial charge in [-0.25, -0.2) is 0 Å². The number of amides is 1. The molecule has 1 saturated heterocycles. The van der Waals surface area contributed by atoms with Gasteiger partial charge in [-0.05, 0) is 0 Å². The molecule has 0 aliphatic carbocycles. The maximum Gasteiger partial charge on any atom is 0.235 e. The first-order valence-electron chi connectivity index (χ1n) is 5.52. The van der Waals surface area contributed by atoms with E-state index in [1.165, 1.54) is 17.8 Å². The summed E-state index contributed by atoms with van der Waals surface area (Å²) in [7, 11) is 0. The minimum atomic E-state index is -0.265. The fraction of sp³-hybridized carbons (Fsp3) is 0.417. The van der Waals surface area contributed by atoms with Crippen LogP contribution < -0.4 is 5.32 Å². The van der Waals surface area contributed by atoms with Gasteiger partial charge >= 0.3 is 0 Å². The smallest absolute Gasteiger partial charge is 0.235 e. The van der Waals surface area contributed by atoms with E-state index in [0.717, 1.165) is 0 Å². The first-order valence-corrected chi connectivity index (χ1v) is 6.51. The van der Waals surface area contributed by atoms with Crippen LogP contribution in [0.4, 0.5) is 0 Å². The molecule has 0 saturated carbocycles. The van der Waals surface area contributed by atoms with E-state index in [1.54, 1.807) is 6.07 Å². The van der Waals surface area contributed by atoms with Gasteiger partial charge in [0, 0.05) is 17.6 Å². The predicted molar refractivity (Wildman–Crippen MR) is 68.2 cm³/mol. The lowest BCUT2D eigenvalue weighted by Gasteiger charge is -2.11. The minimum Gasteiger partial charge on any atom is -0.360 e. The van der Waals surface area contributed by atoms with Crippen LogP contribution in [-0.2, 0) is 10.2 Å². The molecule has 0 bridgehead atoms. The number of allylic oxidation sites excluding steroid dienone is 1. The van der Waals surface area contributed by atoms with Crippen molar-refractivity contribution in [2.45, 2.75) is 26.2 Å². The number of hydrogen-bond acceptors (Lipinski definition) is 5. The lowest BCUT2D eigenvalue weighted by atomic mass is 9.93. The van der Waals surface area contributed by atoms with Gasteiger partial charge in [0.25, 0.3) is 0 Å². The van der Waals surface area contributed by atoms with Crippen LogP contribution in [0.1, 0.15) is 37.0 Å². The fourth-order valence-corrected chi connectivity index (χ4v) is 2.10. The van der Waals surface area contributed by atoms with Crippen molar-refractivity contribution in [2.75, 3.05) is 5.75 Å². The van der Waals surface area contributed by atoms with Gasteiger partial charge in [-0.1, -0.05) is 37.7 Å². The number of ketones is 1. The van der Waals surface area contributed by atoms with Crippen LogP contribution in [0.15, 0.2) is 21.7 Å². The van der Waals surface area contributed by atoms with Crippen LogP contribution in [0, 0.1) is 0 Å². The highest BCUT2D eigenvalue weighted by atomic mass is 32.2. The second kappa shape index (κ2) is 4.61. The summed E-state index contributed by atoms with van der Waals surface area (Å²) in [6, 6.07) is 1.64. The normalized spacial score (nSPS) is 18.2. The SMILES string of the molecule is CC(C)(C)c1cc(C(=O)C=C2NC(=O)CS2)no1. The monoisotopic (exact) mass is 266 g/mol. The second-order valence-electron chi connectivity index (χ2n) is 5.04. The van der Waals surface area contributed by atoms with E-state index in [4.69, 9.17) is 4.52 Å². The van der Waals surface area contributed by atoms with Gasteiger partial charge in [0.05, 0.1) is 10.8 Å². The van der Waals surface area contributed by atoms with Crippen molar-refractivity contribution in [3.63, 3.8) is 0 Å². The molecule has 1 aliphatic heterocycles. The molecule has 5 nitrogen and oxygen atoms in total. The molecule has 6 heteroatoms. The van der Waals surface area contributed by atoms with Gasteiger partial charge in [0.1, 0.15) is 5.76 Å². The zero-order chi connectivity index (χ0) is 13.3. The van der Waals surface area contributed by atoms with Crippen LogP contribution in [0.2, 0.25) is 0 Å². The molecule has 2 heterocycles. The van der Waals surface area contributed by atoms with Gasteiger partial charge < -0.3 is 9.84 Å². The van der Waals surface area contributed by atoms with Crippen molar-refractivity contribution in [2.24, 2.45) is 0 Å². The highest BCUT2D eigenvalue weighted by Crippen LogP contribution is 2.24. The maximum atomic E-state index is 11.9. The first-order chi connectivity index (χ1) is 8.36. The number of carbonyl (C=O) groups is 2. The van der Waals surface area contributed by atoms with Crippen molar-refractivity contribution < 1.29 is 14.1 Å². The van der Waals surface area contributed by atoms with Gasteiger partial charge in [-0.15, -0.1) is 0 Å². The Morgan fingerprint density at radius 2 is 2.28 bits per heavy atom. The summed E-state index contributed by atoms with van der Waals surface area (Å²) in [6.45, 7) is 5.94. The van der Waals surface area contributed by atoms with Gasteiger partial charge in [-0.2, -0.15) is 0 Å². The maximum absolute atomic E-state index is 11.9. The first kappa shape index (κ1) is 12.9. The summed E-state index contributed by atoms with van der Waals surface area (Å²) >= 11 is 1.31. The molecular formula is C12H14N2O3S. The molecule has 1 aliphatic rings. The summed E-state index contributed by atoms with van der Waals surface area (Å²) in [5.41, 5.74) is 0.0730. The van der Waals surface area contributed by atoms with E-state index < -0.39 is 0 Å². The highest BCUT2D eigenvalue weighted by molar-refractivity contribution is 8.04. The Morgan fingerprint density at radius 1 is 1.56 bits per heavy atom. The number of rotatable bonds is 2. The average Bonchev–Trinajstić information content (AvgIpc) is 2.85. The minimum absolute atomic E-state index is 0.0883. The topological polar surface area (TPSA) is 72.2 Å². The van der Waals surface area contributed by atoms with E-state index >= 15 is 0 Å². The molecule has 1 aromatic rings. The van der Waals surface area contributed by atoms with Gasteiger partial charge in [0.15, 0.2) is 5.69 Å². The summed E-state index contributed by atoms with van der Waals surface area (Å²) in [6.07, 6.45) is 1.37. The summed E-state index contributed by atoms with van der Waals surface area (Å²) in [5, 5.41) is 6.91. The third-order valence-corrected chi connectivity index (χ3v) is 3.32. The van der Waals surface area contributed by atoms with Crippen molar-refractivity contribution >= 4 is 23.5 Å². The van der Waals surface area contributed by atoms with Gasteiger partial charge in [-0.3, -0.25) is 9.59 Å². The van der Waals surface area contributed by atoms with Crippen LogP contribution in [0.25, 0.3) is 0 Å². The summed E-state index contributed by atoms with van der Waals surface area (Å²) in [4.78, 5) is 22.9. The Balaban J connectivity index is 2.15. The largest absolute Gasteiger partial charge is 0.360 e. The summed E-state index contributed by atoms with van der Waals surface area (Å²) in [5.74, 6) is 0.659. The van der Waals surface area contributed by atoms with Crippen LogP contribution in [-0.4, -0.2) is 22.6 Å². The molecule has 1 aromatic heterocycles. The molecule has 96 valence electrons. The number of carbonyl (C=O) groups excluding carboxylic acids is 2. The zero-order valence-corrected chi connectivity index (χ0v) is 11.3. The Kier molecular flexibility index (Phi) is 3.30. The quantitative estimate of drug-likeness (QED) is 0.653. The van der Waals surface area contributed by atoms with E-state index in [-0.39, 0.29) is 22.8 Å². The van der Waals surface area contributed by atoms with Crippen molar-refractivity contribution in [1.82, 2.24) is 10.5 Å². The molecule has 1 amide bonds. The lowest BCUT2D eigenvalue weighted by Crippen LogP contribution is -2.14. The van der Waals surface area contributed by atoms with Crippen molar-refractivity contribution in [3.05, 3.63) is 28.6 Å². The zero-order valence-electron chi connectivity index (χ0n) is 10.4. The standard InChI is InChI=1S/C12H14N2O3S/c1-12(2,3)9-4-7(14-17-9)8(15)5-11-13-10(16)6-18-11/h4-5H,6H2,1-3H3,(H,13,16). The third kappa shape index (κ3) is 2.81. The van der Waals surface area contributed by atoms with E-state index in [1.807, 2.05) is 20.8 Å². The third-order valence-electron chi connectivity index (χ3n) is 2.39. The lowest BCUT2D eigenvalue weighted by molar-refractivity contribution is -0.117. The van der Waals surface area contributed by atoms with Crippen LogP contribution in [0.3, 0.4) is 0 Å². The van der Waals surface area contributed by atoms with Crippen molar-refractivity contribution in [3.8, 4) is 0 Å². The average molecular weight is 266 g/mol. The van der Waals surface area contributed by atoms with Crippen LogP contribution in [0.5, 0.6) is 0 Å². The molecule has 0 spiro atoms. The molecule has 0 radical (unpaired) electrons. The van der Waals surface area contributed by atoms with E-state index in [0.29, 0.717) is 16.5 Å². The highest BCUT2D eigenvalue weighted by Gasteiger charge is 2.22. The van der Waals surface area contributed by atoms with E-state index in [9.17, 15) is 9.59 Å². The molecule has 1 fully saturated rings. The van der Waals surface area contributed by atoms with Crippen molar-refractivity contribution in [1.29, 1.82) is 0 Å². The Morgan fingerprint density at radius 3 is 2.78 bits per heavy atom. The Labute approximate surface area is 109 Å². The Bertz CT molecular complexity index is 526.